The zero-order chi connectivity index (χ0) is 20.5. The molecule has 0 radical (unpaired) electrons. The van der Waals surface area contributed by atoms with Gasteiger partial charge in [0.15, 0.2) is 5.09 Å². The van der Waals surface area contributed by atoms with Crippen LogP contribution in [0.15, 0.2) is 81.3 Å². The molecule has 2 aromatic carbocycles. The molecular formula is C21H19N3O4S. The van der Waals surface area contributed by atoms with Gasteiger partial charge >= 0.3 is 0 Å². The number of ether oxygens (including phenoxy) is 1. The molecule has 8 heteroatoms. The minimum atomic E-state index is -0.362. The van der Waals surface area contributed by atoms with Gasteiger partial charge in [-0.15, -0.1) is 0 Å². The van der Waals surface area contributed by atoms with E-state index in [4.69, 9.17) is 9.15 Å². The molecule has 0 fully saturated rings. The molecule has 1 heterocycles. The molecule has 0 bridgehead atoms. The zero-order valence-corrected chi connectivity index (χ0v) is 16.4. The van der Waals surface area contributed by atoms with Crippen LogP contribution in [0, 0.1) is 0 Å². The van der Waals surface area contributed by atoms with Gasteiger partial charge in [-0.05, 0) is 42.5 Å². The summed E-state index contributed by atoms with van der Waals surface area (Å²) in [5.41, 5.74) is 3.61. The summed E-state index contributed by atoms with van der Waals surface area (Å²) < 4.78 is 10.7. The number of furan rings is 1. The van der Waals surface area contributed by atoms with Crippen LogP contribution in [-0.4, -0.2) is 30.9 Å². The molecule has 2 amide bonds. The maximum atomic E-state index is 12.1. The first-order valence-corrected chi connectivity index (χ1v) is 9.67. The van der Waals surface area contributed by atoms with Crippen molar-refractivity contribution in [3.05, 3.63) is 78.1 Å². The number of benzene rings is 2. The number of anilines is 1. The van der Waals surface area contributed by atoms with Crippen molar-refractivity contribution in [2.75, 3.05) is 18.2 Å². The number of methoxy groups -OCH3 is 1. The number of amides is 2. The lowest BCUT2D eigenvalue weighted by molar-refractivity contribution is -0.113. The molecule has 0 saturated heterocycles. The van der Waals surface area contributed by atoms with Gasteiger partial charge in [0.25, 0.3) is 5.91 Å². The average Bonchev–Trinajstić information content (AvgIpc) is 3.21. The molecule has 0 spiro atoms. The van der Waals surface area contributed by atoms with Gasteiger partial charge in [0.1, 0.15) is 11.5 Å². The fourth-order valence-electron chi connectivity index (χ4n) is 2.32. The second-order valence-corrected chi connectivity index (χ2v) is 6.77. The third-order valence-electron chi connectivity index (χ3n) is 3.70. The highest BCUT2D eigenvalue weighted by Crippen LogP contribution is 2.20. The molecule has 3 rings (SSSR count). The highest BCUT2D eigenvalue weighted by molar-refractivity contribution is 7.99. The minimum Gasteiger partial charge on any atom is -0.497 e. The number of carbonyl (C=O) groups is 2. The number of nitrogens with one attached hydrogen (secondary N) is 2. The van der Waals surface area contributed by atoms with Crippen molar-refractivity contribution in [3.8, 4) is 5.75 Å². The first-order chi connectivity index (χ1) is 14.1. The van der Waals surface area contributed by atoms with Crippen molar-refractivity contribution >= 4 is 35.5 Å². The quantitative estimate of drug-likeness (QED) is 0.336. The number of para-hydroxylation sites is 1. The van der Waals surface area contributed by atoms with Gasteiger partial charge in [0.05, 0.1) is 19.1 Å². The van der Waals surface area contributed by atoms with Crippen LogP contribution in [0.25, 0.3) is 0 Å². The van der Waals surface area contributed by atoms with Gasteiger partial charge < -0.3 is 14.5 Å². The molecular weight excluding hydrogens is 390 g/mol. The van der Waals surface area contributed by atoms with E-state index in [9.17, 15) is 9.59 Å². The lowest BCUT2D eigenvalue weighted by atomic mass is 10.2. The molecule has 0 atom stereocenters. The van der Waals surface area contributed by atoms with Crippen molar-refractivity contribution in [2.24, 2.45) is 5.10 Å². The molecule has 29 heavy (non-hydrogen) atoms. The average molecular weight is 409 g/mol. The number of hydrazone groups is 1. The van der Waals surface area contributed by atoms with Crippen molar-refractivity contribution in [2.45, 2.75) is 5.09 Å². The minimum absolute atomic E-state index is 0.127. The highest BCUT2D eigenvalue weighted by Gasteiger charge is 2.08. The summed E-state index contributed by atoms with van der Waals surface area (Å²) in [7, 11) is 1.53. The largest absolute Gasteiger partial charge is 0.497 e. The van der Waals surface area contributed by atoms with Crippen LogP contribution in [0.4, 0.5) is 5.69 Å². The van der Waals surface area contributed by atoms with Crippen LogP contribution in [0.5, 0.6) is 5.75 Å². The SMILES string of the molecule is COc1cccc(C(=O)NN=Cc2ccc(SCC(=O)Nc3ccccc3)o2)c1. The topological polar surface area (TPSA) is 92.9 Å². The summed E-state index contributed by atoms with van der Waals surface area (Å²) in [4.78, 5) is 24.0. The van der Waals surface area contributed by atoms with Gasteiger partial charge in [-0.1, -0.05) is 36.0 Å². The van der Waals surface area contributed by atoms with Crippen molar-refractivity contribution in [1.82, 2.24) is 5.43 Å². The van der Waals surface area contributed by atoms with Gasteiger partial charge in [0.2, 0.25) is 5.91 Å². The van der Waals surface area contributed by atoms with E-state index < -0.39 is 0 Å². The first-order valence-electron chi connectivity index (χ1n) is 8.69. The fourth-order valence-corrected chi connectivity index (χ4v) is 2.98. The van der Waals surface area contributed by atoms with Crippen LogP contribution in [0.3, 0.4) is 0 Å². The maximum Gasteiger partial charge on any atom is 0.271 e. The number of hydrogen-bond acceptors (Lipinski definition) is 6. The molecule has 0 aliphatic rings. The molecule has 7 nitrogen and oxygen atoms in total. The molecule has 2 N–H and O–H groups in total. The Bertz CT molecular complexity index is 1000. The summed E-state index contributed by atoms with van der Waals surface area (Å²) in [5, 5.41) is 7.27. The Labute approximate surface area is 172 Å². The molecule has 0 unspecified atom stereocenters. The Morgan fingerprint density at radius 1 is 1.10 bits per heavy atom. The third-order valence-corrected chi connectivity index (χ3v) is 4.61. The number of carbonyl (C=O) groups excluding carboxylic acids is 2. The number of nitrogens with zero attached hydrogens (tertiary/aromatic N) is 1. The Kier molecular flexibility index (Phi) is 7.07. The van der Waals surface area contributed by atoms with E-state index in [0.717, 1.165) is 5.69 Å². The third kappa shape index (κ3) is 6.25. The van der Waals surface area contributed by atoms with Gasteiger partial charge in [-0.25, -0.2) is 5.43 Å². The number of thioether (sulfide) groups is 1. The smallest absolute Gasteiger partial charge is 0.271 e. The lowest BCUT2D eigenvalue weighted by Crippen LogP contribution is -2.17. The van der Waals surface area contributed by atoms with Crippen molar-refractivity contribution < 1.29 is 18.7 Å². The van der Waals surface area contributed by atoms with Gasteiger partial charge in [-0.3, -0.25) is 9.59 Å². The summed E-state index contributed by atoms with van der Waals surface area (Å²) >= 11 is 1.27. The van der Waals surface area contributed by atoms with E-state index in [-0.39, 0.29) is 17.6 Å². The molecule has 148 valence electrons. The summed E-state index contributed by atoms with van der Waals surface area (Å²) in [5.74, 6) is 0.774. The molecule has 0 aliphatic heterocycles. The van der Waals surface area contributed by atoms with E-state index in [1.807, 2.05) is 30.3 Å². The van der Waals surface area contributed by atoms with Crippen LogP contribution in [0.2, 0.25) is 0 Å². The van der Waals surface area contributed by atoms with Crippen LogP contribution in [-0.2, 0) is 4.79 Å². The fraction of sp³-hybridized carbons (Fsp3) is 0.0952. The second-order valence-electron chi connectivity index (χ2n) is 5.79. The molecule has 3 aromatic rings. The summed E-state index contributed by atoms with van der Waals surface area (Å²) in [6, 6.07) is 19.4. The normalized spacial score (nSPS) is 10.7. The lowest BCUT2D eigenvalue weighted by Gasteiger charge is -2.03. The Balaban J connectivity index is 1.47. The Morgan fingerprint density at radius 3 is 2.72 bits per heavy atom. The molecule has 0 saturated carbocycles. The first kappa shape index (κ1) is 20.2. The summed E-state index contributed by atoms with van der Waals surface area (Å²) in [6.45, 7) is 0. The van der Waals surface area contributed by atoms with Crippen LogP contribution < -0.4 is 15.5 Å². The van der Waals surface area contributed by atoms with E-state index >= 15 is 0 Å². The van der Waals surface area contributed by atoms with Crippen LogP contribution in [0.1, 0.15) is 16.1 Å². The molecule has 1 aromatic heterocycles. The van der Waals surface area contributed by atoms with E-state index in [2.05, 4.69) is 15.8 Å². The van der Waals surface area contributed by atoms with E-state index in [1.165, 1.54) is 25.1 Å². The van der Waals surface area contributed by atoms with Gasteiger partial charge in [0, 0.05) is 11.3 Å². The number of hydrogen-bond donors (Lipinski definition) is 2. The standard InChI is InChI=1S/C21H19N3O4S/c1-27-17-9-5-6-15(12-17)21(26)24-22-13-18-10-11-20(28-18)29-14-19(25)23-16-7-3-2-4-8-16/h2-13H,14H2,1H3,(H,23,25)(H,24,26). The van der Waals surface area contributed by atoms with Gasteiger partial charge in [-0.2, -0.15) is 5.10 Å². The highest BCUT2D eigenvalue weighted by atomic mass is 32.2. The number of rotatable bonds is 8. The van der Waals surface area contributed by atoms with E-state index in [1.54, 1.807) is 36.4 Å². The zero-order valence-electron chi connectivity index (χ0n) is 15.6. The second kappa shape index (κ2) is 10.1. The predicted molar refractivity (Wildman–Crippen MR) is 113 cm³/mol. The summed E-state index contributed by atoms with van der Waals surface area (Å²) in [6.07, 6.45) is 1.40. The van der Waals surface area contributed by atoms with E-state index in [0.29, 0.717) is 22.2 Å². The predicted octanol–water partition coefficient (Wildman–Crippen LogP) is 3.78. The molecule has 0 aliphatic carbocycles. The maximum absolute atomic E-state index is 12.1. The van der Waals surface area contributed by atoms with Crippen LogP contribution >= 0.6 is 11.8 Å². The van der Waals surface area contributed by atoms with Crippen molar-refractivity contribution in [3.63, 3.8) is 0 Å². The van der Waals surface area contributed by atoms with Crippen molar-refractivity contribution in [1.29, 1.82) is 0 Å². The Morgan fingerprint density at radius 2 is 1.93 bits per heavy atom. The monoisotopic (exact) mass is 409 g/mol. The Hall–Kier alpha value is -3.52.